The van der Waals surface area contributed by atoms with Crippen LogP contribution in [0.25, 0.3) is 0 Å². The first-order valence-electron chi connectivity index (χ1n) is 3.10. The fourth-order valence-electron chi connectivity index (χ4n) is 0.572. The largest absolute Gasteiger partial charge is 0.368 e. The van der Waals surface area contributed by atoms with Gasteiger partial charge in [0.2, 0.25) is 11.8 Å². The van der Waals surface area contributed by atoms with Crippen molar-refractivity contribution >= 4 is 23.6 Å². The van der Waals surface area contributed by atoms with E-state index in [0.717, 1.165) is 11.8 Å². The number of primary amides is 1. The molecule has 0 aliphatic heterocycles. The maximum Gasteiger partial charge on any atom is 0.243 e. The van der Waals surface area contributed by atoms with Crippen LogP contribution in [0.3, 0.4) is 0 Å². The number of thioether (sulfide) groups is 1. The fourth-order valence-corrected chi connectivity index (χ4v) is 1.10. The molecule has 0 aromatic carbocycles. The van der Waals surface area contributed by atoms with Crippen LogP contribution in [0.4, 0.5) is 0 Å². The summed E-state index contributed by atoms with van der Waals surface area (Å²) in [7, 11) is 0. The smallest absolute Gasteiger partial charge is 0.243 e. The van der Waals surface area contributed by atoms with Crippen molar-refractivity contribution < 1.29 is 9.59 Å². The van der Waals surface area contributed by atoms with E-state index >= 15 is 0 Å². The number of amides is 2. The molecule has 0 aromatic rings. The number of carbonyl (C=O) groups excluding carboxylic acids is 2. The number of carbonyl (C=O) groups is 2. The highest BCUT2D eigenvalue weighted by atomic mass is 32.2. The molecule has 12 heavy (non-hydrogen) atoms. The van der Waals surface area contributed by atoms with Gasteiger partial charge in [0, 0.05) is 0 Å². The molecule has 1 atom stereocenters. The van der Waals surface area contributed by atoms with Gasteiger partial charge in [-0.3, -0.25) is 9.59 Å². The minimum Gasteiger partial charge on any atom is -0.368 e. The Hall–Kier alpha value is -1.22. The molecule has 2 amide bonds. The lowest BCUT2D eigenvalue weighted by Crippen LogP contribution is -2.41. The molecule has 0 radical (unpaired) electrons. The van der Waals surface area contributed by atoms with Crippen LogP contribution in [-0.2, 0) is 9.59 Å². The van der Waals surface area contributed by atoms with Crippen molar-refractivity contribution in [3.05, 3.63) is 0 Å². The first-order chi connectivity index (χ1) is 5.63. The Kier molecular flexibility index (Phi) is 4.88. The summed E-state index contributed by atoms with van der Waals surface area (Å²) >= 11 is 1.04. The quantitative estimate of drug-likeness (QED) is 0.428. The molecule has 0 heterocycles. The lowest BCUT2D eigenvalue weighted by molar-refractivity contribution is -0.126. The highest BCUT2D eigenvalue weighted by Crippen LogP contribution is 2.04. The van der Waals surface area contributed by atoms with Gasteiger partial charge < -0.3 is 11.1 Å². The SMILES string of the molecule is CSC(C(N)=O)C(=O)NCC#N. The normalized spacial score (nSPS) is 11.3. The van der Waals surface area contributed by atoms with Gasteiger partial charge in [-0.15, -0.1) is 11.8 Å². The van der Waals surface area contributed by atoms with Gasteiger partial charge in [0.25, 0.3) is 0 Å². The molecule has 3 N–H and O–H groups in total. The molecule has 0 rings (SSSR count). The summed E-state index contributed by atoms with van der Waals surface area (Å²) in [5.41, 5.74) is 4.92. The molecule has 0 aromatic heterocycles. The Morgan fingerprint density at radius 1 is 1.75 bits per heavy atom. The van der Waals surface area contributed by atoms with Crippen molar-refractivity contribution in [2.45, 2.75) is 5.25 Å². The molecule has 0 saturated carbocycles. The lowest BCUT2D eigenvalue weighted by atomic mass is 10.4. The summed E-state index contributed by atoms with van der Waals surface area (Å²) in [4.78, 5) is 21.6. The van der Waals surface area contributed by atoms with Crippen LogP contribution in [-0.4, -0.2) is 29.9 Å². The Labute approximate surface area is 74.3 Å². The predicted octanol–water partition coefficient (Wildman–Crippen LogP) is -1.16. The van der Waals surface area contributed by atoms with E-state index < -0.39 is 17.1 Å². The van der Waals surface area contributed by atoms with Crippen LogP contribution in [0.15, 0.2) is 0 Å². The van der Waals surface area contributed by atoms with Crippen LogP contribution in [0.1, 0.15) is 0 Å². The highest BCUT2D eigenvalue weighted by molar-refractivity contribution is 8.00. The monoisotopic (exact) mass is 187 g/mol. The number of nitrogens with two attached hydrogens (primary N) is 1. The second-order valence-electron chi connectivity index (χ2n) is 1.89. The van der Waals surface area contributed by atoms with Gasteiger partial charge in [-0.2, -0.15) is 5.26 Å². The Balaban J connectivity index is 4.05. The number of nitrogens with zero attached hydrogens (tertiary/aromatic N) is 1. The molecule has 5 nitrogen and oxygen atoms in total. The van der Waals surface area contributed by atoms with Crippen LogP contribution >= 0.6 is 11.8 Å². The standard InChI is InChI=1S/C6H9N3O2S/c1-12-4(5(8)10)6(11)9-3-2-7/h4H,3H2,1H3,(H2,8,10)(H,9,11). The minimum absolute atomic E-state index is 0.108. The third kappa shape index (κ3) is 3.25. The van der Waals surface area contributed by atoms with Crippen LogP contribution in [0.5, 0.6) is 0 Å². The minimum atomic E-state index is -0.904. The average Bonchev–Trinajstić information content (AvgIpc) is 2.01. The Morgan fingerprint density at radius 3 is 2.67 bits per heavy atom. The van der Waals surface area contributed by atoms with E-state index in [2.05, 4.69) is 5.32 Å². The van der Waals surface area contributed by atoms with E-state index in [9.17, 15) is 9.59 Å². The molecular formula is C6H9N3O2S. The summed E-state index contributed by atoms with van der Waals surface area (Å²) in [5, 5.41) is 9.46. The van der Waals surface area contributed by atoms with E-state index in [4.69, 9.17) is 11.0 Å². The van der Waals surface area contributed by atoms with Gasteiger partial charge in [0.1, 0.15) is 6.54 Å². The number of hydrogen-bond donors (Lipinski definition) is 2. The topological polar surface area (TPSA) is 96.0 Å². The zero-order chi connectivity index (χ0) is 9.56. The van der Waals surface area contributed by atoms with Gasteiger partial charge in [0.15, 0.2) is 5.25 Å². The second-order valence-corrected chi connectivity index (χ2v) is 2.84. The molecule has 0 spiro atoms. The predicted molar refractivity (Wildman–Crippen MR) is 45.1 cm³/mol. The maximum atomic E-state index is 11.0. The summed E-state index contributed by atoms with van der Waals surface area (Å²) in [5.74, 6) is -1.21. The molecule has 0 aliphatic carbocycles. The average molecular weight is 187 g/mol. The maximum absolute atomic E-state index is 11.0. The number of nitrogens with one attached hydrogen (secondary N) is 1. The van der Waals surface area contributed by atoms with E-state index in [0.29, 0.717) is 0 Å². The molecule has 0 saturated heterocycles. The number of nitriles is 1. The Bertz CT molecular complexity index is 223. The summed E-state index contributed by atoms with van der Waals surface area (Å²) in [6, 6.07) is 1.72. The lowest BCUT2D eigenvalue weighted by Gasteiger charge is -2.08. The second kappa shape index (κ2) is 5.43. The molecule has 6 heteroatoms. The summed E-state index contributed by atoms with van der Waals surface area (Å²) in [6.45, 7) is -0.108. The van der Waals surface area contributed by atoms with E-state index in [1.165, 1.54) is 0 Å². The van der Waals surface area contributed by atoms with Gasteiger partial charge in [-0.1, -0.05) is 0 Å². The van der Waals surface area contributed by atoms with Gasteiger partial charge in [0.05, 0.1) is 6.07 Å². The fraction of sp³-hybridized carbons (Fsp3) is 0.500. The zero-order valence-electron chi connectivity index (χ0n) is 6.53. The number of rotatable bonds is 4. The van der Waals surface area contributed by atoms with Crippen LogP contribution in [0.2, 0.25) is 0 Å². The summed E-state index contributed by atoms with van der Waals surface area (Å²) in [6.07, 6.45) is 1.60. The van der Waals surface area contributed by atoms with Crippen molar-refractivity contribution in [2.75, 3.05) is 12.8 Å². The van der Waals surface area contributed by atoms with Crippen molar-refractivity contribution in [1.29, 1.82) is 5.26 Å². The first kappa shape index (κ1) is 10.8. The summed E-state index contributed by atoms with van der Waals surface area (Å²) < 4.78 is 0. The molecule has 66 valence electrons. The van der Waals surface area contributed by atoms with Gasteiger partial charge in [-0.05, 0) is 6.26 Å². The van der Waals surface area contributed by atoms with Crippen LogP contribution < -0.4 is 11.1 Å². The molecule has 0 aliphatic rings. The van der Waals surface area contributed by atoms with Crippen molar-refractivity contribution in [3.8, 4) is 6.07 Å². The molecular weight excluding hydrogens is 178 g/mol. The van der Waals surface area contributed by atoms with Crippen molar-refractivity contribution in [3.63, 3.8) is 0 Å². The third-order valence-electron chi connectivity index (χ3n) is 1.07. The van der Waals surface area contributed by atoms with E-state index in [1.807, 2.05) is 0 Å². The van der Waals surface area contributed by atoms with E-state index in [1.54, 1.807) is 12.3 Å². The van der Waals surface area contributed by atoms with Gasteiger partial charge >= 0.3 is 0 Å². The third-order valence-corrected chi connectivity index (χ3v) is 1.99. The van der Waals surface area contributed by atoms with Crippen molar-refractivity contribution in [2.24, 2.45) is 5.73 Å². The van der Waals surface area contributed by atoms with E-state index in [-0.39, 0.29) is 6.54 Å². The highest BCUT2D eigenvalue weighted by Gasteiger charge is 2.22. The first-order valence-corrected chi connectivity index (χ1v) is 4.39. The van der Waals surface area contributed by atoms with Crippen LogP contribution in [0, 0.1) is 11.3 Å². The van der Waals surface area contributed by atoms with Gasteiger partial charge in [-0.25, -0.2) is 0 Å². The number of hydrogen-bond acceptors (Lipinski definition) is 4. The zero-order valence-corrected chi connectivity index (χ0v) is 7.35. The molecule has 0 fully saturated rings. The molecule has 0 bridgehead atoms. The Morgan fingerprint density at radius 2 is 2.33 bits per heavy atom. The molecule has 1 unspecified atom stereocenters. The van der Waals surface area contributed by atoms with Crippen molar-refractivity contribution in [1.82, 2.24) is 5.32 Å².